The van der Waals surface area contributed by atoms with Gasteiger partial charge in [0.2, 0.25) is 0 Å². The van der Waals surface area contributed by atoms with Crippen molar-refractivity contribution in [3.63, 3.8) is 0 Å². The Balaban J connectivity index is 2.13. The van der Waals surface area contributed by atoms with E-state index in [9.17, 15) is 0 Å². The molecule has 1 fully saturated rings. The Morgan fingerprint density at radius 2 is 2.16 bits per heavy atom. The van der Waals surface area contributed by atoms with E-state index in [1.54, 1.807) is 0 Å². The monoisotopic (exact) mass is 325 g/mol. The summed E-state index contributed by atoms with van der Waals surface area (Å²) < 4.78 is 7.31. The van der Waals surface area contributed by atoms with Gasteiger partial charge in [-0.25, -0.2) is 0 Å². The van der Waals surface area contributed by atoms with Crippen molar-refractivity contribution in [1.29, 1.82) is 0 Å². The third-order valence-electron chi connectivity index (χ3n) is 4.07. The smallest absolute Gasteiger partial charge is 0.0810 e. The van der Waals surface area contributed by atoms with Crippen molar-refractivity contribution in [3.8, 4) is 0 Å². The van der Waals surface area contributed by atoms with Gasteiger partial charge in [0.25, 0.3) is 0 Å². The zero-order valence-electron chi connectivity index (χ0n) is 11.9. The van der Waals surface area contributed by atoms with Crippen molar-refractivity contribution >= 4 is 15.9 Å². The maximum Gasteiger partial charge on any atom is 0.0810 e. The first-order valence-electron chi connectivity index (χ1n) is 7.26. The van der Waals surface area contributed by atoms with Crippen LogP contribution in [-0.4, -0.2) is 24.8 Å². The van der Waals surface area contributed by atoms with Crippen LogP contribution < -0.4 is 5.32 Å². The summed E-state index contributed by atoms with van der Waals surface area (Å²) in [5.74, 6) is 0. The predicted octanol–water partition coefficient (Wildman–Crippen LogP) is 3.93. The second kappa shape index (κ2) is 6.87. The average Bonchev–Trinajstić information content (AvgIpc) is 2.41. The van der Waals surface area contributed by atoms with Gasteiger partial charge in [-0.15, -0.1) is 0 Å². The summed E-state index contributed by atoms with van der Waals surface area (Å²) in [5, 5.41) is 3.62. The Kier molecular flexibility index (Phi) is 5.43. The van der Waals surface area contributed by atoms with Crippen LogP contribution in [0.25, 0.3) is 0 Å². The van der Waals surface area contributed by atoms with E-state index in [4.69, 9.17) is 4.74 Å². The molecule has 2 rings (SSSR count). The molecule has 1 saturated heterocycles. The van der Waals surface area contributed by atoms with Crippen molar-refractivity contribution in [2.75, 3.05) is 13.2 Å². The molecule has 2 nitrogen and oxygen atoms in total. The first-order chi connectivity index (χ1) is 9.15. The molecule has 0 spiro atoms. The average molecular weight is 326 g/mol. The maximum absolute atomic E-state index is 6.11. The van der Waals surface area contributed by atoms with Gasteiger partial charge in [-0.1, -0.05) is 41.1 Å². The molecule has 0 bridgehead atoms. The molecule has 1 N–H and O–H groups in total. The molecule has 1 aromatic carbocycles. The molecule has 0 aliphatic carbocycles. The summed E-state index contributed by atoms with van der Waals surface area (Å²) >= 11 is 3.65. The molecule has 1 aliphatic rings. The van der Waals surface area contributed by atoms with Gasteiger partial charge in [0.15, 0.2) is 0 Å². The lowest BCUT2D eigenvalue weighted by atomic mass is 9.84. The lowest BCUT2D eigenvalue weighted by Crippen LogP contribution is -2.53. The van der Waals surface area contributed by atoms with Gasteiger partial charge >= 0.3 is 0 Å². The number of hydrogen-bond donors (Lipinski definition) is 1. The second-order valence-electron chi connectivity index (χ2n) is 5.52. The summed E-state index contributed by atoms with van der Waals surface area (Å²) in [6, 6.07) is 8.85. The first-order valence-corrected chi connectivity index (χ1v) is 8.06. The first kappa shape index (κ1) is 15.0. The van der Waals surface area contributed by atoms with Gasteiger partial charge in [0.1, 0.15) is 0 Å². The van der Waals surface area contributed by atoms with E-state index in [-0.39, 0.29) is 5.60 Å². The molecule has 2 unspecified atom stereocenters. The lowest BCUT2D eigenvalue weighted by molar-refractivity contribution is -0.0881. The molecular formula is C16H24BrNO. The van der Waals surface area contributed by atoms with Gasteiger partial charge in [-0.2, -0.15) is 0 Å². The summed E-state index contributed by atoms with van der Waals surface area (Å²) in [4.78, 5) is 0. The number of ether oxygens (including phenoxy) is 1. The van der Waals surface area contributed by atoms with Crippen molar-refractivity contribution in [1.82, 2.24) is 5.32 Å². The van der Waals surface area contributed by atoms with Crippen LogP contribution in [0.3, 0.4) is 0 Å². The van der Waals surface area contributed by atoms with Crippen molar-refractivity contribution in [2.24, 2.45) is 0 Å². The lowest BCUT2D eigenvalue weighted by Gasteiger charge is -2.41. The Hall–Kier alpha value is -0.380. The number of hydrogen-bond acceptors (Lipinski definition) is 2. The van der Waals surface area contributed by atoms with Crippen LogP contribution in [0.1, 0.15) is 38.7 Å². The van der Waals surface area contributed by atoms with Gasteiger partial charge in [-0.3, -0.25) is 0 Å². The van der Waals surface area contributed by atoms with Crippen LogP contribution >= 0.6 is 15.9 Å². The van der Waals surface area contributed by atoms with Gasteiger partial charge in [0, 0.05) is 17.1 Å². The van der Waals surface area contributed by atoms with E-state index in [0.29, 0.717) is 6.04 Å². The molecule has 1 heterocycles. The third-order valence-corrected chi connectivity index (χ3v) is 4.84. The van der Waals surface area contributed by atoms with Crippen LogP contribution in [0, 0.1) is 0 Å². The van der Waals surface area contributed by atoms with Gasteiger partial charge in [-0.05, 0) is 50.8 Å². The van der Waals surface area contributed by atoms with Crippen LogP contribution in [0.15, 0.2) is 28.7 Å². The minimum Gasteiger partial charge on any atom is -0.374 e. The molecular weight excluding hydrogens is 302 g/mol. The molecule has 0 aromatic heterocycles. The molecule has 2 atom stereocenters. The largest absolute Gasteiger partial charge is 0.374 e. The fourth-order valence-corrected chi connectivity index (χ4v) is 3.31. The summed E-state index contributed by atoms with van der Waals surface area (Å²) in [6.07, 6.45) is 4.62. The molecule has 0 saturated carbocycles. The zero-order valence-corrected chi connectivity index (χ0v) is 13.5. The Morgan fingerprint density at radius 3 is 2.79 bits per heavy atom. The minimum absolute atomic E-state index is 0.0382. The van der Waals surface area contributed by atoms with E-state index in [2.05, 4.69) is 59.4 Å². The van der Waals surface area contributed by atoms with Crippen LogP contribution in [0.2, 0.25) is 0 Å². The Labute approximate surface area is 125 Å². The molecule has 19 heavy (non-hydrogen) atoms. The molecule has 1 aliphatic heterocycles. The number of nitrogens with one attached hydrogen (secondary N) is 1. The van der Waals surface area contributed by atoms with Gasteiger partial charge < -0.3 is 10.1 Å². The molecule has 106 valence electrons. The highest BCUT2D eigenvalue weighted by atomic mass is 79.9. The van der Waals surface area contributed by atoms with E-state index in [0.717, 1.165) is 26.0 Å². The van der Waals surface area contributed by atoms with E-state index < -0.39 is 0 Å². The highest BCUT2D eigenvalue weighted by Gasteiger charge is 2.36. The number of likely N-dealkylation sites (N-methyl/N-ethyl adjacent to an activating group) is 1. The van der Waals surface area contributed by atoms with Crippen molar-refractivity contribution < 1.29 is 4.74 Å². The number of benzene rings is 1. The molecule has 0 amide bonds. The maximum atomic E-state index is 6.11. The molecule has 1 aromatic rings. The van der Waals surface area contributed by atoms with Crippen LogP contribution in [0.4, 0.5) is 0 Å². The normalized spacial score (nSPS) is 25.2. The van der Waals surface area contributed by atoms with Crippen LogP contribution in [-0.2, 0) is 11.2 Å². The topological polar surface area (TPSA) is 21.3 Å². The van der Waals surface area contributed by atoms with E-state index in [1.165, 1.54) is 22.9 Å². The summed E-state index contributed by atoms with van der Waals surface area (Å²) in [6.45, 7) is 6.30. The fourth-order valence-electron chi connectivity index (χ4n) is 2.86. The molecule has 3 heteroatoms. The predicted molar refractivity (Wildman–Crippen MR) is 83.5 cm³/mol. The highest BCUT2D eigenvalue weighted by Crippen LogP contribution is 2.30. The summed E-state index contributed by atoms with van der Waals surface area (Å²) in [7, 11) is 0. The van der Waals surface area contributed by atoms with Crippen LogP contribution in [0.5, 0.6) is 0 Å². The van der Waals surface area contributed by atoms with Gasteiger partial charge in [0.05, 0.1) is 5.60 Å². The number of halogens is 1. The standard InChI is InChI=1S/C16H24BrNO/c1-3-18-15(16(2)10-6-7-11-19-16)12-13-8-4-5-9-14(13)17/h4-5,8-9,15,18H,3,6-7,10-12H2,1-2H3. The minimum atomic E-state index is -0.0382. The number of rotatable bonds is 5. The van der Waals surface area contributed by atoms with Crippen molar-refractivity contribution in [3.05, 3.63) is 34.3 Å². The second-order valence-corrected chi connectivity index (χ2v) is 6.38. The zero-order chi connectivity index (χ0) is 13.7. The quantitative estimate of drug-likeness (QED) is 0.885. The highest BCUT2D eigenvalue weighted by molar-refractivity contribution is 9.10. The van der Waals surface area contributed by atoms with Crippen molar-refractivity contribution in [2.45, 2.75) is 51.2 Å². The SMILES string of the molecule is CCNC(Cc1ccccc1Br)C1(C)CCCCO1. The third kappa shape index (κ3) is 3.80. The Morgan fingerprint density at radius 1 is 1.37 bits per heavy atom. The fraction of sp³-hybridized carbons (Fsp3) is 0.625. The Bertz CT molecular complexity index is 401. The molecule has 0 radical (unpaired) electrons. The van der Waals surface area contributed by atoms with E-state index >= 15 is 0 Å². The summed E-state index contributed by atoms with van der Waals surface area (Å²) in [5.41, 5.74) is 1.31. The van der Waals surface area contributed by atoms with E-state index in [1.807, 2.05) is 0 Å².